The average Bonchev–Trinajstić information content (AvgIpc) is 2.12. The number of hydrogen-bond acceptors (Lipinski definition) is 1. The third-order valence-electron chi connectivity index (χ3n) is 1.58. The van der Waals surface area contributed by atoms with Crippen LogP contribution in [0, 0.1) is 17.7 Å². The first-order valence-electron chi connectivity index (χ1n) is 4.23. The molecule has 0 atom stereocenters. The van der Waals surface area contributed by atoms with Crippen LogP contribution in [0.5, 0.6) is 5.75 Å². The molecule has 15 heavy (non-hydrogen) atoms. The molecule has 1 nitrogen and oxygen atoms in total. The fourth-order valence-electron chi connectivity index (χ4n) is 0.839. The van der Waals surface area contributed by atoms with Gasteiger partial charge in [0.25, 0.3) is 0 Å². The van der Waals surface area contributed by atoms with Crippen LogP contribution in [0.2, 0.25) is 0 Å². The molecule has 80 valence electrons. The van der Waals surface area contributed by atoms with Gasteiger partial charge in [-0.15, -0.1) is 12.1 Å². The summed E-state index contributed by atoms with van der Waals surface area (Å²) in [5, 5.41) is 0. The number of benzene rings is 1. The molecule has 0 unspecified atom stereocenters. The summed E-state index contributed by atoms with van der Waals surface area (Å²) in [6.45, 7) is 2.54. The molecular weight excluding hydrogens is 278 g/mol. The first-order chi connectivity index (χ1) is 6.24. The quantitative estimate of drug-likeness (QED) is 0.415. The Bertz CT molecular complexity index is 284. The maximum Gasteiger partial charge on any atom is 2.00 e. The van der Waals surface area contributed by atoms with Crippen LogP contribution in [0.4, 0.5) is 8.78 Å². The van der Waals surface area contributed by atoms with E-state index in [2.05, 4.69) is 6.07 Å². The van der Waals surface area contributed by atoms with Crippen molar-refractivity contribution < 1.29 is 30.5 Å². The first kappa shape index (κ1) is 17.5. The van der Waals surface area contributed by atoms with Gasteiger partial charge in [0.1, 0.15) is 0 Å². The number of rotatable bonds is 4. The molecule has 0 heterocycles. The van der Waals surface area contributed by atoms with E-state index in [0.29, 0.717) is 6.61 Å². The van der Waals surface area contributed by atoms with Crippen LogP contribution in [-0.2, 0) is 0 Å². The van der Waals surface area contributed by atoms with E-state index in [0.717, 1.165) is 25.0 Å². The van der Waals surface area contributed by atoms with Crippen molar-refractivity contribution >= 4 is 23.1 Å². The van der Waals surface area contributed by atoms with Crippen LogP contribution in [-0.4, -0.2) is 29.7 Å². The van der Waals surface area contributed by atoms with Gasteiger partial charge in [-0.25, -0.2) is 4.39 Å². The fraction of sp³-hybridized carbons (Fsp3) is 0.400. The zero-order valence-electron chi connectivity index (χ0n) is 8.53. The molecular formula is C10H11BrF2MgO. The van der Waals surface area contributed by atoms with E-state index in [1.807, 2.05) is 6.92 Å². The van der Waals surface area contributed by atoms with Crippen LogP contribution in [0.1, 0.15) is 19.8 Å². The second-order valence-electron chi connectivity index (χ2n) is 2.70. The number of ether oxygens (including phenoxy) is 1. The molecule has 1 rings (SSSR count). The van der Waals surface area contributed by atoms with Gasteiger partial charge in [-0.3, -0.25) is 4.39 Å². The van der Waals surface area contributed by atoms with E-state index >= 15 is 0 Å². The van der Waals surface area contributed by atoms with Gasteiger partial charge >= 0.3 is 23.1 Å². The predicted octanol–water partition coefficient (Wildman–Crippen LogP) is -0.433. The fourth-order valence-corrected chi connectivity index (χ4v) is 0.839. The zero-order valence-corrected chi connectivity index (χ0v) is 11.5. The molecule has 0 aliphatic rings. The predicted molar refractivity (Wildman–Crippen MR) is 51.4 cm³/mol. The molecule has 0 aliphatic carbocycles. The van der Waals surface area contributed by atoms with E-state index in [1.54, 1.807) is 0 Å². The Morgan fingerprint density at radius 2 is 2.00 bits per heavy atom. The summed E-state index contributed by atoms with van der Waals surface area (Å²) < 4.78 is 30.2. The summed E-state index contributed by atoms with van der Waals surface area (Å²) in [4.78, 5) is 0. The van der Waals surface area contributed by atoms with Crippen molar-refractivity contribution in [2.24, 2.45) is 0 Å². The third-order valence-corrected chi connectivity index (χ3v) is 1.58. The molecule has 0 spiro atoms. The van der Waals surface area contributed by atoms with Crippen molar-refractivity contribution in [1.82, 2.24) is 0 Å². The Morgan fingerprint density at radius 1 is 1.33 bits per heavy atom. The van der Waals surface area contributed by atoms with Gasteiger partial charge in [0.15, 0.2) is 0 Å². The first-order valence-corrected chi connectivity index (χ1v) is 4.23. The second kappa shape index (κ2) is 9.36. The topological polar surface area (TPSA) is 9.23 Å². The summed E-state index contributed by atoms with van der Waals surface area (Å²) in [7, 11) is 0. The van der Waals surface area contributed by atoms with Crippen molar-refractivity contribution in [3.63, 3.8) is 0 Å². The molecule has 0 amide bonds. The minimum Gasteiger partial charge on any atom is -1.00 e. The van der Waals surface area contributed by atoms with Gasteiger partial charge in [0.05, 0.1) is 12.4 Å². The van der Waals surface area contributed by atoms with Gasteiger partial charge in [-0.1, -0.05) is 19.4 Å². The van der Waals surface area contributed by atoms with Crippen LogP contribution in [0.25, 0.3) is 0 Å². The van der Waals surface area contributed by atoms with E-state index in [4.69, 9.17) is 4.74 Å². The Hall–Kier alpha value is 0.126. The van der Waals surface area contributed by atoms with Crippen LogP contribution in [0.15, 0.2) is 12.1 Å². The Morgan fingerprint density at radius 3 is 2.53 bits per heavy atom. The number of unbranched alkanes of at least 4 members (excludes halogenated alkanes) is 1. The van der Waals surface area contributed by atoms with E-state index < -0.39 is 11.6 Å². The van der Waals surface area contributed by atoms with Crippen molar-refractivity contribution in [2.75, 3.05) is 6.61 Å². The maximum absolute atomic E-state index is 12.6. The van der Waals surface area contributed by atoms with Gasteiger partial charge in [-0.2, -0.15) is 0 Å². The monoisotopic (exact) mass is 288 g/mol. The van der Waals surface area contributed by atoms with E-state index in [9.17, 15) is 8.78 Å². The number of hydrogen-bond donors (Lipinski definition) is 0. The Balaban J connectivity index is 0. The molecule has 0 N–H and O–H groups in total. The molecule has 1 aromatic carbocycles. The van der Waals surface area contributed by atoms with Gasteiger partial charge < -0.3 is 21.7 Å². The molecule has 1 aromatic rings. The summed E-state index contributed by atoms with van der Waals surface area (Å²) in [5.41, 5.74) is 0. The average molecular weight is 289 g/mol. The molecule has 0 saturated carbocycles. The van der Waals surface area contributed by atoms with Crippen molar-refractivity contribution in [3.05, 3.63) is 29.8 Å². The van der Waals surface area contributed by atoms with E-state index in [-0.39, 0.29) is 45.8 Å². The van der Waals surface area contributed by atoms with Gasteiger partial charge in [0, 0.05) is 11.6 Å². The molecule has 0 aliphatic heterocycles. The smallest absolute Gasteiger partial charge is 1.00 e. The Kier molecular flexibility index (Phi) is 10.9. The zero-order chi connectivity index (χ0) is 9.68. The van der Waals surface area contributed by atoms with Crippen LogP contribution >= 0.6 is 0 Å². The summed E-state index contributed by atoms with van der Waals surface area (Å²) >= 11 is 0. The SMILES string of the molecule is CCCCOc1[c-]cc(F)c(F)c1.[Br-].[Mg+2]. The molecule has 0 fully saturated rings. The second-order valence-corrected chi connectivity index (χ2v) is 2.70. The maximum atomic E-state index is 12.6. The molecule has 0 bridgehead atoms. The van der Waals surface area contributed by atoms with Crippen LogP contribution in [0.3, 0.4) is 0 Å². The van der Waals surface area contributed by atoms with Gasteiger partial charge in [-0.05, 0) is 6.42 Å². The summed E-state index contributed by atoms with van der Waals surface area (Å²) in [5.74, 6) is -1.54. The van der Waals surface area contributed by atoms with Crippen LogP contribution < -0.4 is 21.7 Å². The standard InChI is InChI=1S/C10H11F2O.BrH.Mg/c1-2-3-6-13-8-4-5-9(11)10(12)7-8;;/h5,7H,2-3,6H2,1H3;1H;/q-1;;+2/p-1. The Labute approximate surface area is 115 Å². The van der Waals surface area contributed by atoms with Gasteiger partial charge in [0.2, 0.25) is 0 Å². The molecule has 0 saturated heterocycles. The van der Waals surface area contributed by atoms with Crippen molar-refractivity contribution in [2.45, 2.75) is 19.8 Å². The summed E-state index contributed by atoms with van der Waals surface area (Å²) in [6, 6.07) is 4.45. The largest absolute Gasteiger partial charge is 2.00 e. The minimum atomic E-state index is -0.900. The molecule has 0 radical (unpaired) electrons. The van der Waals surface area contributed by atoms with E-state index in [1.165, 1.54) is 0 Å². The molecule has 5 heteroatoms. The molecule has 0 aromatic heterocycles. The summed E-state index contributed by atoms with van der Waals surface area (Å²) in [6.07, 6.45) is 1.90. The number of halogens is 3. The van der Waals surface area contributed by atoms with Crippen molar-refractivity contribution in [1.29, 1.82) is 0 Å². The third kappa shape index (κ3) is 6.32. The van der Waals surface area contributed by atoms with Crippen molar-refractivity contribution in [3.8, 4) is 5.75 Å². The normalized spacial score (nSPS) is 8.73. The minimum absolute atomic E-state index is 0.